The summed E-state index contributed by atoms with van der Waals surface area (Å²) < 4.78 is 0. The normalized spacial score (nSPS) is 9.12. The maximum atomic E-state index is 4.62. The van der Waals surface area contributed by atoms with Gasteiger partial charge in [-0.3, -0.25) is 0 Å². The SMILES string of the molecule is COn1cc([S])nn1. The van der Waals surface area contributed by atoms with E-state index in [9.17, 15) is 0 Å². The molecule has 43 valence electrons. The summed E-state index contributed by atoms with van der Waals surface area (Å²) in [6.07, 6.45) is 1.51. The van der Waals surface area contributed by atoms with Gasteiger partial charge in [0.2, 0.25) is 0 Å². The van der Waals surface area contributed by atoms with Crippen molar-refractivity contribution in [1.82, 2.24) is 15.2 Å². The lowest BCUT2D eigenvalue weighted by atomic mass is 10.9. The molecule has 0 bridgehead atoms. The standard InChI is InChI=1S/C3H4N3OS/c1-7-6-2-3(8)4-5-6/h2H,1H3. The maximum absolute atomic E-state index is 4.62. The van der Waals surface area contributed by atoms with Crippen LogP contribution in [0.5, 0.6) is 0 Å². The van der Waals surface area contributed by atoms with Crippen LogP contribution in [0.4, 0.5) is 0 Å². The van der Waals surface area contributed by atoms with E-state index in [0.29, 0.717) is 5.03 Å². The van der Waals surface area contributed by atoms with E-state index >= 15 is 0 Å². The molecular formula is C3H4N3OS. The lowest BCUT2D eigenvalue weighted by Gasteiger charge is -1.89. The molecule has 1 aromatic rings. The topological polar surface area (TPSA) is 39.9 Å². The summed E-state index contributed by atoms with van der Waals surface area (Å²) in [5.41, 5.74) is 0. The second-order valence-electron chi connectivity index (χ2n) is 1.14. The highest BCUT2D eigenvalue weighted by Gasteiger charge is 1.91. The molecule has 0 aliphatic carbocycles. The van der Waals surface area contributed by atoms with E-state index in [1.807, 2.05) is 0 Å². The van der Waals surface area contributed by atoms with Gasteiger partial charge in [0.05, 0.1) is 0 Å². The van der Waals surface area contributed by atoms with E-state index in [0.717, 1.165) is 0 Å². The van der Waals surface area contributed by atoms with Gasteiger partial charge in [0, 0.05) is 0 Å². The zero-order valence-corrected chi connectivity index (χ0v) is 5.05. The van der Waals surface area contributed by atoms with Crippen molar-refractivity contribution in [3.05, 3.63) is 6.20 Å². The van der Waals surface area contributed by atoms with Crippen LogP contribution >= 0.6 is 12.6 Å². The lowest BCUT2D eigenvalue weighted by molar-refractivity contribution is 0.128. The van der Waals surface area contributed by atoms with Gasteiger partial charge in [-0.1, -0.05) is 17.5 Å². The average molecular weight is 130 g/mol. The number of aromatic nitrogens is 3. The van der Waals surface area contributed by atoms with Gasteiger partial charge < -0.3 is 4.84 Å². The van der Waals surface area contributed by atoms with E-state index in [4.69, 9.17) is 0 Å². The fourth-order valence-corrected chi connectivity index (χ4v) is 0.450. The van der Waals surface area contributed by atoms with Crippen molar-refractivity contribution in [1.29, 1.82) is 0 Å². The first-order valence-corrected chi connectivity index (χ1v) is 2.37. The van der Waals surface area contributed by atoms with Gasteiger partial charge >= 0.3 is 0 Å². The highest BCUT2D eigenvalue weighted by atomic mass is 32.1. The second kappa shape index (κ2) is 1.95. The van der Waals surface area contributed by atoms with Crippen LogP contribution in [0.3, 0.4) is 0 Å². The molecule has 8 heavy (non-hydrogen) atoms. The Morgan fingerprint density at radius 2 is 2.62 bits per heavy atom. The first kappa shape index (κ1) is 5.30. The summed E-state index contributed by atoms with van der Waals surface area (Å²) in [5.74, 6) is 0. The third-order valence-electron chi connectivity index (χ3n) is 0.639. The molecule has 0 aromatic carbocycles. The molecule has 0 spiro atoms. The van der Waals surface area contributed by atoms with Gasteiger partial charge in [-0.25, -0.2) is 0 Å². The zero-order valence-electron chi connectivity index (χ0n) is 4.24. The third-order valence-corrected chi connectivity index (χ3v) is 0.826. The Labute approximate surface area is 51.8 Å². The lowest BCUT2D eigenvalue weighted by Crippen LogP contribution is -2.05. The van der Waals surface area contributed by atoms with Crippen molar-refractivity contribution in [2.24, 2.45) is 0 Å². The maximum Gasteiger partial charge on any atom is 0.172 e. The molecule has 0 amide bonds. The molecule has 0 aliphatic rings. The van der Waals surface area contributed by atoms with Crippen LogP contribution in [0, 0.1) is 0 Å². The molecule has 0 atom stereocenters. The van der Waals surface area contributed by atoms with E-state index in [-0.39, 0.29) is 0 Å². The first-order valence-electron chi connectivity index (χ1n) is 1.97. The highest BCUT2D eigenvalue weighted by molar-refractivity contribution is 7.80. The monoisotopic (exact) mass is 130 g/mol. The van der Waals surface area contributed by atoms with Crippen LogP contribution in [0.2, 0.25) is 0 Å². The molecule has 1 radical (unpaired) electrons. The molecular weight excluding hydrogens is 126 g/mol. The number of hydrogen-bond donors (Lipinski definition) is 0. The van der Waals surface area contributed by atoms with Gasteiger partial charge in [-0.15, -0.1) is 5.10 Å². The largest absolute Gasteiger partial charge is 0.399 e. The summed E-state index contributed by atoms with van der Waals surface area (Å²) >= 11 is 4.62. The van der Waals surface area contributed by atoms with Crippen LogP contribution in [-0.4, -0.2) is 22.3 Å². The summed E-state index contributed by atoms with van der Waals surface area (Å²) in [4.78, 5) is 5.81. The molecule has 5 heteroatoms. The minimum atomic E-state index is 0.437. The summed E-state index contributed by atoms with van der Waals surface area (Å²) in [7, 11) is 1.49. The first-order chi connectivity index (χ1) is 3.83. The molecule has 1 aromatic heterocycles. The summed E-state index contributed by atoms with van der Waals surface area (Å²) in [6.45, 7) is 0. The van der Waals surface area contributed by atoms with E-state index in [1.165, 1.54) is 18.2 Å². The van der Waals surface area contributed by atoms with Crippen LogP contribution in [-0.2, 0) is 0 Å². The van der Waals surface area contributed by atoms with Gasteiger partial charge in [0.1, 0.15) is 13.3 Å². The molecule has 1 rings (SSSR count). The molecule has 0 saturated carbocycles. The van der Waals surface area contributed by atoms with E-state index < -0.39 is 0 Å². The fourth-order valence-electron chi connectivity index (χ4n) is 0.323. The van der Waals surface area contributed by atoms with Crippen molar-refractivity contribution >= 4 is 12.6 Å². The van der Waals surface area contributed by atoms with Crippen LogP contribution < -0.4 is 4.84 Å². The minimum Gasteiger partial charge on any atom is -0.399 e. The molecule has 0 unspecified atom stereocenters. The molecule has 0 aliphatic heterocycles. The Bertz CT molecular complexity index is 175. The van der Waals surface area contributed by atoms with Crippen molar-refractivity contribution in [3.63, 3.8) is 0 Å². The summed E-state index contributed by atoms with van der Waals surface area (Å²) in [5, 5.41) is 7.40. The average Bonchev–Trinajstić information content (AvgIpc) is 2.14. The Balaban J connectivity index is 2.84. The Morgan fingerprint density at radius 3 is 2.88 bits per heavy atom. The molecule has 0 N–H and O–H groups in total. The van der Waals surface area contributed by atoms with Crippen molar-refractivity contribution in [2.45, 2.75) is 5.03 Å². The fraction of sp³-hybridized carbons (Fsp3) is 0.333. The van der Waals surface area contributed by atoms with Crippen molar-refractivity contribution in [2.75, 3.05) is 7.11 Å². The van der Waals surface area contributed by atoms with E-state index in [1.54, 1.807) is 0 Å². The Kier molecular flexibility index (Phi) is 1.29. The Morgan fingerprint density at radius 1 is 1.88 bits per heavy atom. The quantitative estimate of drug-likeness (QED) is 0.532. The third kappa shape index (κ3) is 0.865. The second-order valence-corrected chi connectivity index (χ2v) is 1.56. The van der Waals surface area contributed by atoms with Gasteiger partial charge in [-0.2, -0.15) is 0 Å². The van der Waals surface area contributed by atoms with Crippen molar-refractivity contribution in [3.8, 4) is 0 Å². The van der Waals surface area contributed by atoms with Crippen LogP contribution in [0.25, 0.3) is 0 Å². The molecule has 0 saturated heterocycles. The van der Waals surface area contributed by atoms with Crippen LogP contribution in [0.1, 0.15) is 0 Å². The van der Waals surface area contributed by atoms with Crippen LogP contribution in [0.15, 0.2) is 11.2 Å². The van der Waals surface area contributed by atoms with Crippen molar-refractivity contribution < 1.29 is 4.84 Å². The molecule has 0 fully saturated rings. The zero-order chi connectivity index (χ0) is 5.98. The number of rotatable bonds is 1. The predicted molar refractivity (Wildman–Crippen MR) is 28.4 cm³/mol. The van der Waals surface area contributed by atoms with Gasteiger partial charge in [-0.05, 0) is 5.21 Å². The Hall–Kier alpha value is -0.840. The number of nitrogens with zero attached hydrogens (tertiary/aromatic N) is 3. The minimum absolute atomic E-state index is 0.437. The van der Waals surface area contributed by atoms with Gasteiger partial charge in [0.25, 0.3) is 0 Å². The van der Waals surface area contributed by atoms with Gasteiger partial charge in [0.15, 0.2) is 5.03 Å². The molecule has 1 heterocycles. The highest BCUT2D eigenvalue weighted by Crippen LogP contribution is 1.93. The predicted octanol–water partition coefficient (Wildman–Crippen LogP) is -0.107. The number of hydrogen-bond acceptors (Lipinski definition) is 3. The molecule has 4 nitrogen and oxygen atoms in total. The smallest absolute Gasteiger partial charge is 0.172 e. The summed E-state index contributed by atoms with van der Waals surface area (Å²) in [6, 6.07) is 0. The van der Waals surface area contributed by atoms with E-state index in [2.05, 4.69) is 27.8 Å².